The molecule has 0 aliphatic rings. The number of aliphatic hydroxyl groups excluding tert-OH is 2. The minimum Gasteiger partial charge on any atom is -0.456 e. The van der Waals surface area contributed by atoms with Crippen LogP contribution in [-0.2, 0) is 27.9 Å². The molecule has 13 heteroatoms. The molecule has 2 unspecified atom stereocenters. The molecule has 0 saturated heterocycles. The molecule has 0 aliphatic carbocycles. The van der Waals surface area contributed by atoms with Gasteiger partial charge in [0.15, 0.2) is 23.4 Å². The van der Waals surface area contributed by atoms with Crippen LogP contribution < -0.4 is 5.32 Å². The Bertz CT molecular complexity index is 771. The Kier molecular flexibility index (Phi) is 23.9. The van der Waals surface area contributed by atoms with E-state index in [0.717, 1.165) is 63.0 Å². The van der Waals surface area contributed by atoms with Gasteiger partial charge in [0.2, 0.25) is 0 Å². The number of carbonyl (C=O) groups excluding carboxylic acids is 1. The lowest BCUT2D eigenvalue weighted by molar-refractivity contribution is -0.154. The van der Waals surface area contributed by atoms with Gasteiger partial charge in [0.1, 0.15) is 6.10 Å². The molecule has 9 nitrogen and oxygen atoms in total. The highest BCUT2D eigenvalue weighted by molar-refractivity contribution is 6.96. The molecular formula is C31H69NO8Si4. The third kappa shape index (κ3) is 27.0. The number of hydrogen-bond acceptors (Lipinski definition) is 9. The first kappa shape index (κ1) is 43.8. The lowest BCUT2D eigenvalue weighted by Crippen LogP contribution is -2.50. The summed E-state index contributed by atoms with van der Waals surface area (Å²) < 4.78 is 28.5. The quantitative estimate of drug-likeness (QED) is 0.0311. The standard InChI is InChI=1S/C31H69NO8Si4/c1-28(2)31(35)39-25-37-23-30(34)22-36-19-15-12-16-20-43(7,8)40-44(9,10)27-42(5,6)26-38-21-29(33)17-13-11-14-18-32-24-41(3)4/h29-30,32-34,41H,1,11-27H2,2-10H3. The van der Waals surface area contributed by atoms with Crippen LogP contribution in [0.25, 0.3) is 0 Å². The predicted molar refractivity (Wildman–Crippen MR) is 193 cm³/mol. The van der Waals surface area contributed by atoms with Gasteiger partial charge >= 0.3 is 5.97 Å². The number of ether oxygens (including phenoxy) is 4. The maximum Gasteiger partial charge on any atom is 0.335 e. The zero-order chi connectivity index (χ0) is 33.7. The summed E-state index contributed by atoms with van der Waals surface area (Å²) >= 11 is 0. The van der Waals surface area contributed by atoms with Crippen LogP contribution in [0.1, 0.15) is 51.9 Å². The molecule has 0 aromatic carbocycles. The highest BCUT2D eigenvalue weighted by Gasteiger charge is 2.38. The highest BCUT2D eigenvalue weighted by atomic mass is 28.4. The fraction of sp³-hybridized carbons (Fsp3) is 0.903. The molecule has 0 aromatic rings. The largest absolute Gasteiger partial charge is 0.456 e. The van der Waals surface area contributed by atoms with E-state index < -0.39 is 45.6 Å². The van der Waals surface area contributed by atoms with Crippen LogP contribution in [0.15, 0.2) is 12.2 Å². The Hall–Kier alpha value is -0.202. The lowest BCUT2D eigenvalue weighted by Gasteiger charge is -2.38. The first-order chi connectivity index (χ1) is 20.4. The van der Waals surface area contributed by atoms with Crippen LogP contribution >= 0.6 is 0 Å². The van der Waals surface area contributed by atoms with Crippen molar-refractivity contribution in [2.45, 2.75) is 128 Å². The average Bonchev–Trinajstić information content (AvgIpc) is 2.88. The Morgan fingerprint density at radius 2 is 1.48 bits per heavy atom. The van der Waals surface area contributed by atoms with Crippen LogP contribution in [0.3, 0.4) is 0 Å². The molecule has 0 fully saturated rings. The topological polar surface area (TPSA) is 116 Å². The fourth-order valence-electron chi connectivity index (χ4n) is 5.39. The zero-order valence-corrected chi connectivity index (χ0v) is 34.0. The van der Waals surface area contributed by atoms with E-state index in [1.54, 1.807) is 6.92 Å². The molecule has 0 rings (SSSR count). The molecule has 0 heterocycles. The normalized spacial score (nSPS) is 14.2. The number of aliphatic hydroxyl groups is 2. The van der Waals surface area contributed by atoms with E-state index in [0.29, 0.717) is 18.8 Å². The van der Waals surface area contributed by atoms with Gasteiger partial charge in [-0.05, 0) is 76.8 Å². The van der Waals surface area contributed by atoms with E-state index in [-0.39, 0.29) is 26.1 Å². The molecule has 0 saturated carbocycles. The second kappa shape index (κ2) is 24.0. The summed E-state index contributed by atoms with van der Waals surface area (Å²) in [7, 11) is -5.72. The Morgan fingerprint density at radius 1 is 0.841 bits per heavy atom. The molecule has 0 amide bonds. The second-order valence-electron chi connectivity index (χ2n) is 14.8. The van der Waals surface area contributed by atoms with E-state index >= 15 is 0 Å². The summed E-state index contributed by atoms with van der Waals surface area (Å²) in [6.45, 7) is 26.1. The Morgan fingerprint density at radius 3 is 2.14 bits per heavy atom. The third-order valence-corrected chi connectivity index (χ3v) is 22.3. The number of carbonyl (C=O) groups is 1. The predicted octanol–water partition coefficient (Wildman–Crippen LogP) is 5.39. The Labute approximate surface area is 274 Å². The molecule has 3 N–H and O–H groups in total. The number of hydrogen-bond donors (Lipinski definition) is 3. The number of rotatable bonds is 29. The Balaban J connectivity index is 4.06. The van der Waals surface area contributed by atoms with Crippen LogP contribution in [0, 0.1) is 0 Å². The van der Waals surface area contributed by atoms with Gasteiger partial charge in [0.05, 0.1) is 34.0 Å². The maximum atomic E-state index is 11.3. The van der Waals surface area contributed by atoms with Gasteiger partial charge < -0.3 is 38.6 Å². The second-order valence-corrected chi connectivity index (χ2v) is 32.4. The van der Waals surface area contributed by atoms with Crippen molar-refractivity contribution < 1.29 is 38.1 Å². The third-order valence-electron chi connectivity index (χ3n) is 7.01. The summed E-state index contributed by atoms with van der Waals surface area (Å²) in [5, 5.41) is 23.9. The van der Waals surface area contributed by atoms with Gasteiger partial charge in [0, 0.05) is 27.2 Å². The minimum atomic E-state index is -1.83. The van der Waals surface area contributed by atoms with Crippen LogP contribution in [-0.4, -0.2) is 114 Å². The zero-order valence-electron chi connectivity index (χ0n) is 29.8. The first-order valence-corrected chi connectivity index (χ1v) is 29.5. The monoisotopic (exact) mass is 695 g/mol. The SMILES string of the molecule is C=C(C)C(=O)OCOCC(O)COCCCCC[Si](C)(C)O[Si](C)(C)C[Si](C)(C)COCC(O)CCCCCNC[SiH](C)C. The maximum absolute atomic E-state index is 11.3. The molecule has 0 aliphatic heterocycles. The molecule has 0 aromatic heterocycles. The molecule has 2 atom stereocenters. The summed E-state index contributed by atoms with van der Waals surface area (Å²) in [4.78, 5) is 11.3. The van der Waals surface area contributed by atoms with Gasteiger partial charge in [-0.15, -0.1) is 0 Å². The van der Waals surface area contributed by atoms with Crippen LogP contribution in [0.2, 0.25) is 64.1 Å². The molecule has 0 radical (unpaired) electrons. The van der Waals surface area contributed by atoms with Crippen LogP contribution in [0.5, 0.6) is 0 Å². The highest BCUT2D eigenvalue weighted by Crippen LogP contribution is 2.27. The number of nitrogens with one attached hydrogen (secondary N) is 1. The van der Waals surface area contributed by atoms with E-state index in [1.807, 2.05) is 0 Å². The fourth-order valence-corrected chi connectivity index (χ4v) is 24.9. The number of esters is 1. The molecule has 0 bridgehead atoms. The van der Waals surface area contributed by atoms with Crippen molar-refractivity contribution in [1.82, 2.24) is 5.32 Å². The van der Waals surface area contributed by atoms with Crippen LogP contribution in [0.4, 0.5) is 0 Å². The van der Waals surface area contributed by atoms with Gasteiger partial charge in [-0.2, -0.15) is 0 Å². The van der Waals surface area contributed by atoms with Gasteiger partial charge in [-0.1, -0.05) is 58.5 Å². The molecule has 262 valence electrons. The van der Waals surface area contributed by atoms with Gasteiger partial charge in [-0.3, -0.25) is 0 Å². The van der Waals surface area contributed by atoms with Crippen molar-refractivity contribution in [3.8, 4) is 0 Å². The van der Waals surface area contributed by atoms with Crippen molar-refractivity contribution in [2.24, 2.45) is 0 Å². The molecule has 44 heavy (non-hydrogen) atoms. The summed E-state index contributed by atoms with van der Waals surface area (Å²) in [6, 6.07) is 1.13. The minimum absolute atomic E-state index is 0.0476. The van der Waals surface area contributed by atoms with E-state index in [9.17, 15) is 15.0 Å². The van der Waals surface area contributed by atoms with E-state index in [4.69, 9.17) is 23.1 Å². The van der Waals surface area contributed by atoms with Crippen molar-refractivity contribution in [3.05, 3.63) is 12.2 Å². The van der Waals surface area contributed by atoms with Crippen molar-refractivity contribution in [2.75, 3.05) is 52.2 Å². The van der Waals surface area contributed by atoms with Gasteiger partial charge in [-0.25, -0.2) is 4.79 Å². The average molecular weight is 696 g/mol. The van der Waals surface area contributed by atoms with Gasteiger partial charge in [0.25, 0.3) is 0 Å². The lowest BCUT2D eigenvalue weighted by atomic mass is 10.1. The summed E-state index contributed by atoms with van der Waals surface area (Å²) in [6.07, 6.45) is 8.22. The molecule has 0 spiro atoms. The number of unbranched alkanes of at least 4 members (excludes halogenated alkanes) is 4. The van der Waals surface area contributed by atoms with Crippen molar-refractivity contribution in [3.63, 3.8) is 0 Å². The molecular weight excluding hydrogens is 627 g/mol. The smallest absolute Gasteiger partial charge is 0.335 e. The first-order valence-electron chi connectivity index (χ1n) is 16.8. The summed E-state index contributed by atoms with van der Waals surface area (Å²) in [5.41, 5.74) is 1.47. The van der Waals surface area contributed by atoms with E-state index in [1.165, 1.54) is 12.6 Å². The van der Waals surface area contributed by atoms with Crippen molar-refractivity contribution >= 4 is 39.5 Å². The van der Waals surface area contributed by atoms with E-state index in [2.05, 4.69) is 64.3 Å². The summed E-state index contributed by atoms with van der Waals surface area (Å²) in [5.74, 6) is -0.510. The van der Waals surface area contributed by atoms with Crippen molar-refractivity contribution in [1.29, 1.82) is 0 Å².